The average Bonchev–Trinajstić information content (AvgIpc) is 2.70. The molecule has 2 N–H and O–H groups in total. The summed E-state index contributed by atoms with van der Waals surface area (Å²) in [5, 5.41) is 6.01. The van der Waals surface area contributed by atoms with E-state index in [2.05, 4.69) is 25.6 Å². The molecule has 9 heteroatoms. The topological polar surface area (TPSA) is 90.4 Å². The van der Waals surface area contributed by atoms with Crippen LogP contribution in [-0.4, -0.2) is 36.3 Å². The first kappa shape index (κ1) is 19.2. The van der Waals surface area contributed by atoms with Crippen LogP contribution < -0.4 is 24.8 Å². The maximum Gasteiger partial charge on any atom is 0.232 e. The van der Waals surface area contributed by atoms with Crippen LogP contribution in [0.3, 0.4) is 0 Å². The van der Waals surface area contributed by atoms with Gasteiger partial charge in [-0.3, -0.25) is 0 Å². The van der Waals surface area contributed by atoms with Crippen LogP contribution in [0.15, 0.2) is 36.7 Å². The molecule has 0 spiro atoms. The average molecular weight is 385 g/mol. The number of nitrogens with zero attached hydrogens (tertiary/aromatic N) is 3. The summed E-state index contributed by atoms with van der Waals surface area (Å²) in [4.78, 5) is 12.4. The first-order chi connectivity index (χ1) is 13.5. The van der Waals surface area contributed by atoms with E-state index in [1.165, 1.54) is 33.7 Å². The minimum absolute atomic E-state index is 0.271. The molecule has 1 aromatic heterocycles. The molecule has 3 aromatic rings. The Labute approximate surface area is 161 Å². The van der Waals surface area contributed by atoms with Crippen LogP contribution in [0.5, 0.6) is 17.2 Å². The van der Waals surface area contributed by atoms with E-state index in [4.69, 9.17) is 14.2 Å². The van der Waals surface area contributed by atoms with Gasteiger partial charge in [-0.25, -0.2) is 14.4 Å². The van der Waals surface area contributed by atoms with Crippen LogP contribution in [0.1, 0.15) is 5.56 Å². The number of nitrogens with one attached hydrogen (secondary N) is 2. The molecule has 0 saturated heterocycles. The molecule has 0 fully saturated rings. The molecule has 0 aliphatic rings. The first-order valence-corrected chi connectivity index (χ1v) is 8.33. The monoisotopic (exact) mass is 385 g/mol. The highest BCUT2D eigenvalue weighted by Crippen LogP contribution is 2.40. The van der Waals surface area contributed by atoms with Crippen molar-refractivity contribution in [2.24, 2.45) is 0 Å². The van der Waals surface area contributed by atoms with E-state index in [1.807, 2.05) is 0 Å². The van der Waals surface area contributed by atoms with E-state index in [9.17, 15) is 4.39 Å². The Morgan fingerprint density at radius 2 is 1.43 bits per heavy atom. The van der Waals surface area contributed by atoms with E-state index < -0.39 is 0 Å². The zero-order valence-electron chi connectivity index (χ0n) is 15.9. The number of ether oxygens (including phenoxy) is 3. The lowest BCUT2D eigenvalue weighted by atomic mass is 10.2. The second-order valence-corrected chi connectivity index (χ2v) is 5.76. The third-order valence-corrected chi connectivity index (χ3v) is 3.92. The van der Waals surface area contributed by atoms with Crippen LogP contribution in [0.4, 0.5) is 27.7 Å². The summed E-state index contributed by atoms with van der Waals surface area (Å²) in [6, 6.07) is 8.26. The summed E-state index contributed by atoms with van der Waals surface area (Å²) in [6.07, 6.45) is 1.35. The van der Waals surface area contributed by atoms with Crippen molar-refractivity contribution in [1.82, 2.24) is 15.0 Å². The Bertz CT molecular complexity index is 959. The standard InChI is InChI=1S/C19H20FN5O3/c1-11-5-6-12(7-14(11)20)23-18-21-10-22-19(25-18)24-13-8-15(26-2)17(28-4)16(9-13)27-3/h5-10H,1-4H3,(H2,21,22,23,24,25). The highest BCUT2D eigenvalue weighted by atomic mass is 19.1. The van der Waals surface area contributed by atoms with Crippen LogP contribution in [0.25, 0.3) is 0 Å². The largest absolute Gasteiger partial charge is 0.493 e. The molecule has 1 heterocycles. The molecular formula is C19H20FN5O3. The molecule has 0 radical (unpaired) electrons. The predicted molar refractivity (Wildman–Crippen MR) is 104 cm³/mol. The second-order valence-electron chi connectivity index (χ2n) is 5.76. The number of aromatic nitrogens is 3. The van der Waals surface area contributed by atoms with E-state index in [0.717, 1.165) is 0 Å². The number of hydrogen-bond acceptors (Lipinski definition) is 8. The lowest BCUT2D eigenvalue weighted by molar-refractivity contribution is 0.324. The molecule has 2 aromatic carbocycles. The fourth-order valence-electron chi connectivity index (χ4n) is 2.50. The number of methoxy groups -OCH3 is 3. The fraction of sp³-hybridized carbons (Fsp3) is 0.211. The molecule has 3 rings (SSSR count). The second kappa shape index (κ2) is 8.38. The van der Waals surface area contributed by atoms with Gasteiger partial charge in [0.25, 0.3) is 0 Å². The molecule has 0 aliphatic heterocycles. The third-order valence-electron chi connectivity index (χ3n) is 3.92. The molecule has 0 bridgehead atoms. The van der Waals surface area contributed by atoms with E-state index >= 15 is 0 Å². The van der Waals surface area contributed by atoms with Gasteiger partial charge in [-0.15, -0.1) is 0 Å². The molecule has 8 nitrogen and oxygen atoms in total. The van der Waals surface area contributed by atoms with Crippen molar-refractivity contribution in [2.75, 3.05) is 32.0 Å². The number of halogens is 1. The summed E-state index contributed by atoms with van der Waals surface area (Å²) in [5.74, 6) is 1.72. The van der Waals surface area contributed by atoms with Crippen molar-refractivity contribution in [2.45, 2.75) is 6.92 Å². The normalized spacial score (nSPS) is 10.3. The van der Waals surface area contributed by atoms with Crippen LogP contribution >= 0.6 is 0 Å². The number of hydrogen-bond donors (Lipinski definition) is 2. The quantitative estimate of drug-likeness (QED) is 0.634. The van der Waals surface area contributed by atoms with Crippen molar-refractivity contribution >= 4 is 23.3 Å². The molecule has 0 aliphatic carbocycles. The van der Waals surface area contributed by atoms with Crippen molar-refractivity contribution < 1.29 is 18.6 Å². The van der Waals surface area contributed by atoms with E-state index in [-0.39, 0.29) is 11.8 Å². The van der Waals surface area contributed by atoms with Gasteiger partial charge in [0.15, 0.2) is 11.5 Å². The van der Waals surface area contributed by atoms with Gasteiger partial charge in [-0.1, -0.05) is 6.07 Å². The fourth-order valence-corrected chi connectivity index (χ4v) is 2.50. The first-order valence-electron chi connectivity index (χ1n) is 8.33. The molecule has 0 amide bonds. The van der Waals surface area contributed by atoms with Crippen molar-refractivity contribution in [3.63, 3.8) is 0 Å². The summed E-state index contributed by atoms with van der Waals surface area (Å²) in [6.45, 7) is 1.70. The highest BCUT2D eigenvalue weighted by Gasteiger charge is 2.14. The Morgan fingerprint density at radius 1 is 0.821 bits per heavy atom. The number of benzene rings is 2. The van der Waals surface area contributed by atoms with Gasteiger partial charge >= 0.3 is 0 Å². The van der Waals surface area contributed by atoms with Gasteiger partial charge in [0, 0.05) is 23.5 Å². The lowest BCUT2D eigenvalue weighted by Crippen LogP contribution is -2.04. The molecule has 28 heavy (non-hydrogen) atoms. The smallest absolute Gasteiger partial charge is 0.232 e. The third kappa shape index (κ3) is 4.20. The van der Waals surface area contributed by atoms with Gasteiger partial charge in [0.2, 0.25) is 17.6 Å². The van der Waals surface area contributed by atoms with Gasteiger partial charge in [0.1, 0.15) is 12.1 Å². The molecule has 146 valence electrons. The SMILES string of the molecule is COc1cc(Nc2ncnc(Nc3ccc(C)c(F)c3)n2)cc(OC)c1OC. The van der Waals surface area contributed by atoms with Crippen LogP contribution in [0, 0.1) is 12.7 Å². The van der Waals surface area contributed by atoms with E-state index in [0.29, 0.717) is 40.1 Å². The molecule has 0 saturated carbocycles. The minimum Gasteiger partial charge on any atom is -0.493 e. The number of rotatable bonds is 7. The Morgan fingerprint density at radius 3 is 1.96 bits per heavy atom. The number of aryl methyl sites for hydroxylation is 1. The van der Waals surface area contributed by atoms with Crippen molar-refractivity contribution in [1.29, 1.82) is 0 Å². The molecular weight excluding hydrogens is 365 g/mol. The number of anilines is 4. The maximum absolute atomic E-state index is 13.7. The zero-order valence-corrected chi connectivity index (χ0v) is 15.9. The molecule has 0 unspecified atom stereocenters. The van der Waals surface area contributed by atoms with Gasteiger partial charge < -0.3 is 24.8 Å². The Hall–Kier alpha value is -3.62. The lowest BCUT2D eigenvalue weighted by Gasteiger charge is -2.14. The van der Waals surface area contributed by atoms with Gasteiger partial charge in [0.05, 0.1) is 21.3 Å². The summed E-state index contributed by atoms with van der Waals surface area (Å²) >= 11 is 0. The molecule has 0 atom stereocenters. The summed E-state index contributed by atoms with van der Waals surface area (Å²) in [7, 11) is 4.60. The summed E-state index contributed by atoms with van der Waals surface area (Å²) in [5.41, 5.74) is 1.73. The van der Waals surface area contributed by atoms with Crippen LogP contribution in [-0.2, 0) is 0 Å². The highest BCUT2D eigenvalue weighted by molar-refractivity contribution is 5.66. The van der Waals surface area contributed by atoms with Gasteiger partial charge in [-0.05, 0) is 24.6 Å². The predicted octanol–water partition coefficient (Wildman–Crippen LogP) is 3.83. The zero-order chi connectivity index (χ0) is 20.1. The maximum atomic E-state index is 13.7. The van der Waals surface area contributed by atoms with E-state index in [1.54, 1.807) is 31.2 Å². The van der Waals surface area contributed by atoms with Crippen molar-refractivity contribution in [3.8, 4) is 17.2 Å². The van der Waals surface area contributed by atoms with Crippen molar-refractivity contribution in [3.05, 3.63) is 48.0 Å². The van der Waals surface area contributed by atoms with Crippen LogP contribution in [0.2, 0.25) is 0 Å². The Kier molecular flexibility index (Phi) is 5.73. The summed E-state index contributed by atoms with van der Waals surface area (Å²) < 4.78 is 29.7. The minimum atomic E-state index is -0.310. The Balaban J connectivity index is 1.83. The van der Waals surface area contributed by atoms with Gasteiger partial charge in [-0.2, -0.15) is 4.98 Å².